The van der Waals surface area contributed by atoms with Crippen molar-refractivity contribution < 1.29 is 0 Å². The van der Waals surface area contributed by atoms with Crippen molar-refractivity contribution in [1.82, 2.24) is 0 Å². The summed E-state index contributed by atoms with van der Waals surface area (Å²) >= 11 is 5.56. The van der Waals surface area contributed by atoms with Crippen molar-refractivity contribution in [2.45, 2.75) is 20.8 Å². The van der Waals surface area contributed by atoms with Crippen molar-refractivity contribution in [3.05, 3.63) is 29.3 Å². The Labute approximate surface area is 91.2 Å². The predicted molar refractivity (Wildman–Crippen MR) is 64.4 cm³/mol. The van der Waals surface area contributed by atoms with Crippen molar-refractivity contribution in [3.63, 3.8) is 0 Å². The number of nitrogen functional groups attached to an aromatic ring is 1. The van der Waals surface area contributed by atoms with Gasteiger partial charge in [-0.25, -0.2) is 0 Å². The highest BCUT2D eigenvalue weighted by Gasteiger charge is 2.03. The lowest BCUT2D eigenvalue weighted by Gasteiger charge is -2.12. The topological polar surface area (TPSA) is 52.0 Å². The molecule has 80 valence electrons. The van der Waals surface area contributed by atoms with Crippen molar-refractivity contribution in [2.24, 2.45) is 11.1 Å². The molecule has 0 spiro atoms. The van der Waals surface area contributed by atoms with Gasteiger partial charge in [-0.1, -0.05) is 38.4 Å². The van der Waals surface area contributed by atoms with Crippen LogP contribution in [0.5, 0.6) is 0 Å². The first-order chi connectivity index (χ1) is 6.35. The van der Waals surface area contributed by atoms with Crippen molar-refractivity contribution in [3.8, 4) is 0 Å². The zero-order valence-electron chi connectivity index (χ0n) is 9.05. The molecule has 14 heavy (non-hydrogen) atoms. The Kier molecular flexibility index (Phi) is 5.58. The SMILES string of the molecule is CC(C)(C)CN.Nc1cccc(Cl)c1. The molecule has 2 nitrogen and oxygen atoms in total. The maximum absolute atomic E-state index is 5.56. The van der Waals surface area contributed by atoms with Gasteiger partial charge in [0.1, 0.15) is 0 Å². The molecule has 0 aliphatic carbocycles. The van der Waals surface area contributed by atoms with Gasteiger partial charge >= 0.3 is 0 Å². The third-order valence-corrected chi connectivity index (χ3v) is 1.70. The van der Waals surface area contributed by atoms with E-state index in [0.717, 1.165) is 6.54 Å². The van der Waals surface area contributed by atoms with E-state index in [-0.39, 0.29) is 0 Å². The minimum absolute atomic E-state index is 0.319. The predicted octanol–water partition coefficient (Wildman–Crippen LogP) is 2.91. The maximum atomic E-state index is 5.56. The Hall–Kier alpha value is -0.730. The average molecular weight is 215 g/mol. The minimum atomic E-state index is 0.319. The van der Waals surface area contributed by atoms with Crippen LogP contribution >= 0.6 is 11.6 Å². The minimum Gasteiger partial charge on any atom is -0.399 e. The lowest BCUT2D eigenvalue weighted by atomic mass is 9.98. The van der Waals surface area contributed by atoms with Crippen molar-refractivity contribution in [1.29, 1.82) is 0 Å². The van der Waals surface area contributed by atoms with E-state index in [1.165, 1.54) is 0 Å². The summed E-state index contributed by atoms with van der Waals surface area (Å²) in [6, 6.07) is 7.11. The normalized spacial score (nSPS) is 10.4. The molecule has 1 aromatic rings. The highest BCUT2D eigenvalue weighted by atomic mass is 35.5. The molecular formula is C11H19ClN2. The molecule has 0 atom stereocenters. The van der Waals surface area contributed by atoms with E-state index in [1.807, 2.05) is 6.07 Å². The Balaban J connectivity index is 0.000000255. The summed E-state index contributed by atoms with van der Waals surface area (Å²) in [7, 11) is 0. The number of nitrogens with two attached hydrogens (primary N) is 2. The number of halogens is 1. The molecule has 0 saturated carbocycles. The summed E-state index contributed by atoms with van der Waals surface area (Å²) in [5, 5.41) is 0.685. The standard InChI is InChI=1S/C6H6ClN.C5H13N/c7-5-2-1-3-6(8)4-5;1-5(2,3)4-6/h1-4H,8H2;4,6H2,1-3H3. The highest BCUT2D eigenvalue weighted by molar-refractivity contribution is 6.30. The summed E-state index contributed by atoms with van der Waals surface area (Å²) in [6.07, 6.45) is 0. The third kappa shape index (κ3) is 7.90. The Morgan fingerprint density at radius 3 is 2.00 bits per heavy atom. The molecule has 0 bridgehead atoms. The van der Waals surface area contributed by atoms with Gasteiger partial charge in [0.2, 0.25) is 0 Å². The lowest BCUT2D eigenvalue weighted by Crippen LogP contribution is -2.18. The van der Waals surface area contributed by atoms with E-state index in [4.69, 9.17) is 23.1 Å². The monoisotopic (exact) mass is 214 g/mol. The van der Waals surface area contributed by atoms with Gasteiger partial charge in [-0.15, -0.1) is 0 Å². The summed E-state index contributed by atoms with van der Waals surface area (Å²) in [6.45, 7) is 7.12. The van der Waals surface area contributed by atoms with Gasteiger partial charge in [-0.3, -0.25) is 0 Å². The molecule has 0 aromatic heterocycles. The first-order valence-electron chi connectivity index (χ1n) is 4.56. The van der Waals surface area contributed by atoms with E-state index in [2.05, 4.69) is 20.8 Å². The summed E-state index contributed by atoms with van der Waals surface area (Å²) in [5.41, 5.74) is 11.7. The van der Waals surface area contributed by atoms with Crippen LogP contribution in [0.15, 0.2) is 24.3 Å². The molecule has 0 aliphatic rings. The number of benzene rings is 1. The van der Waals surface area contributed by atoms with Crippen LogP contribution in [0.25, 0.3) is 0 Å². The van der Waals surface area contributed by atoms with Crippen LogP contribution in [-0.2, 0) is 0 Å². The van der Waals surface area contributed by atoms with Crippen LogP contribution in [0.4, 0.5) is 5.69 Å². The molecule has 0 fully saturated rings. The zero-order chi connectivity index (χ0) is 11.2. The second kappa shape index (κ2) is 5.89. The summed E-state index contributed by atoms with van der Waals surface area (Å²) < 4.78 is 0. The molecule has 0 amide bonds. The van der Waals surface area contributed by atoms with Gasteiger partial charge in [-0.05, 0) is 30.2 Å². The average Bonchev–Trinajstić information content (AvgIpc) is 2.03. The first-order valence-corrected chi connectivity index (χ1v) is 4.94. The molecule has 0 aliphatic heterocycles. The summed E-state index contributed by atoms with van der Waals surface area (Å²) in [5.74, 6) is 0. The number of hydrogen-bond acceptors (Lipinski definition) is 2. The van der Waals surface area contributed by atoms with Gasteiger partial charge in [-0.2, -0.15) is 0 Å². The molecule has 4 N–H and O–H groups in total. The number of anilines is 1. The number of rotatable bonds is 0. The Bertz CT molecular complexity index is 249. The third-order valence-electron chi connectivity index (χ3n) is 1.46. The van der Waals surface area contributed by atoms with Crippen LogP contribution in [-0.4, -0.2) is 6.54 Å². The molecule has 0 saturated heterocycles. The van der Waals surface area contributed by atoms with E-state index in [1.54, 1.807) is 18.2 Å². The summed E-state index contributed by atoms with van der Waals surface area (Å²) in [4.78, 5) is 0. The van der Waals surface area contributed by atoms with E-state index in [9.17, 15) is 0 Å². The van der Waals surface area contributed by atoms with Gasteiger partial charge in [0.15, 0.2) is 0 Å². The molecule has 0 heterocycles. The molecule has 0 unspecified atom stereocenters. The smallest absolute Gasteiger partial charge is 0.0426 e. The van der Waals surface area contributed by atoms with Crippen LogP contribution in [0.1, 0.15) is 20.8 Å². The van der Waals surface area contributed by atoms with E-state index < -0.39 is 0 Å². The molecule has 1 aromatic carbocycles. The van der Waals surface area contributed by atoms with Crippen molar-refractivity contribution >= 4 is 17.3 Å². The van der Waals surface area contributed by atoms with Gasteiger partial charge in [0, 0.05) is 10.7 Å². The van der Waals surface area contributed by atoms with Gasteiger partial charge in [0.05, 0.1) is 0 Å². The Morgan fingerprint density at radius 2 is 1.79 bits per heavy atom. The molecule has 1 rings (SSSR count). The van der Waals surface area contributed by atoms with Crippen molar-refractivity contribution in [2.75, 3.05) is 12.3 Å². The second-order valence-electron chi connectivity index (χ2n) is 4.32. The van der Waals surface area contributed by atoms with Gasteiger partial charge < -0.3 is 11.5 Å². The van der Waals surface area contributed by atoms with Gasteiger partial charge in [0.25, 0.3) is 0 Å². The fourth-order valence-electron chi connectivity index (χ4n) is 0.507. The van der Waals surface area contributed by atoms with Crippen LogP contribution in [0.3, 0.4) is 0 Å². The van der Waals surface area contributed by atoms with E-state index in [0.29, 0.717) is 16.1 Å². The highest BCUT2D eigenvalue weighted by Crippen LogP contribution is 2.10. The number of hydrogen-bond donors (Lipinski definition) is 2. The molecular weight excluding hydrogens is 196 g/mol. The largest absolute Gasteiger partial charge is 0.399 e. The first kappa shape index (κ1) is 13.3. The van der Waals surface area contributed by atoms with Crippen LogP contribution in [0, 0.1) is 5.41 Å². The van der Waals surface area contributed by atoms with Crippen LogP contribution < -0.4 is 11.5 Å². The quantitative estimate of drug-likeness (QED) is 0.653. The zero-order valence-corrected chi connectivity index (χ0v) is 9.81. The molecule has 0 radical (unpaired) electrons. The maximum Gasteiger partial charge on any atom is 0.0426 e. The molecule has 3 heteroatoms. The fourth-order valence-corrected chi connectivity index (χ4v) is 0.705. The Morgan fingerprint density at radius 1 is 1.29 bits per heavy atom. The van der Waals surface area contributed by atoms with E-state index >= 15 is 0 Å². The van der Waals surface area contributed by atoms with Crippen LogP contribution in [0.2, 0.25) is 5.02 Å². The second-order valence-corrected chi connectivity index (χ2v) is 4.76. The fraction of sp³-hybridized carbons (Fsp3) is 0.455. The lowest BCUT2D eigenvalue weighted by molar-refractivity contribution is 0.428.